The van der Waals surface area contributed by atoms with Crippen LogP contribution in [-0.2, 0) is 14.4 Å². The zero-order valence-electron chi connectivity index (χ0n) is 15.4. The van der Waals surface area contributed by atoms with E-state index in [0.717, 1.165) is 12.8 Å². The van der Waals surface area contributed by atoms with Gasteiger partial charge in [-0.2, -0.15) is 0 Å². The highest BCUT2D eigenvalue weighted by atomic mass is 16.4. The maximum absolute atomic E-state index is 12.9. The number of rotatable bonds is 3. The highest BCUT2D eigenvalue weighted by Crippen LogP contribution is 2.36. The molecule has 0 aromatic heterocycles. The summed E-state index contributed by atoms with van der Waals surface area (Å²) in [5, 5.41) is 19.7. The highest BCUT2D eigenvalue weighted by molar-refractivity contribution is 5.85. The van der Waals surface area contributed by atoms with Gasteiger partial charge in [-0.3, -0.25) is 19.3 Å². The third kappa shape index (κ3) is 3.57. The first-order valence-corrected chi connectivity index (χ1v) is 9.48. The fourth-order valence-corrected chi connectivity index (χ4v) is 4.67. The predicted octanol–water partition coefficient (Wildman–Crippen LogP) is -0.0986. The van der Waals surface area contributed by atoms with Gasteiger partial charge in [-0.1, -0.05) is 0 Å². The van der Waals surface area contributed by atoms with E-state index in [0.29, 0.717) is 51.9 Å². The molecule has 3 rings (SSSR count). The van der Waals surface area contributed by atoms with Crippen molar-refractivity contribution in [1.29, 1.82) is 0 Å². The lowest BCUT2D eigenvalue weighted by Crippen LogP contribution is -2.64. The molecular formula is C18H29N3O5. The summed E-state index contributed by atoms with van der Waals surface area (Å²) in [7, 11) is 2.00. The molecule has 1 atom stereocenters. The van der Waals surface area contributed by atoms with Crippen molar-refractivity contribution in [2.24, 2.45) is 0 Å². The van der Waals surface area contributed by atoms with Crippen LogP contribution in [0.3, 0.4) is 0 Å². The Labute approximate surface area is 153 Å². The number of aliphatic hydroxyl groups is 1. The molecule has 2 amide bonds. The zero-order chi connectivity index (χ0) is 18.9. The number of carbonyl (C=O) groups excluding carboxylic acids is 2. The Bertz CT molecular complexity index is 589. The molecule has 2 aliphatic heterocycles. The number of nitrogens with zero attached hydrogens (tertiary/aromatic N) is 3. The normalized spacial score (nSPS) is 29.8. The molecule has 3 fully saturated rings. The molecule has 26 heavy (non-hydrogen) atoms. The van der Waals surface area contributed by atoms with Gasteiger partial charge in [0.15, 0.2) is 0 Å². The Kier molecular flexibility index (Phi) is 5.25. The van der Waals surface area contributed by atoms with Crippen LogP contribution in [0.15, 0.2) is 0 Å². The van der Waals surface area contributed by atoms with Crippen LogP contribution < -0.4 is 0 Å². The van der Waals surface area contributed by atoms with Crippen molar-refractivity contribution in [1.82, 2.24) is 14.7 Å². The largest absolute Gasteiger partial charge is 0.480 e. The van der Waals surface area contributed by atoms with Gasteiger partial charge in [0.05, 0.1) is 0 Å². The summed E-state index contributed by atoms with van der Waals surface area (Å²) in [6.45, 7) is 1.85. The molecule has 8 nitrogen and oxygen atoms in total. The van der Waals surface area contributed by atoms with Crippen LogP contribution in [-0.4, -0.2) is 93.6 Å². The molecule has 1 saturated carbocycles. The van der Waals surface area contributed by atoms with Crippen LogP contribution in [0.1, 0.15) is 44.9 Å². The van der Waals surface area contributed by atoms with E-state index in [1.165, 1.54) is 4.90 Å². The second-order valence-corrected chi connectivity index (χ2v) is 8.07. The molecule has 0 bridgehead atoms. The number of carboxylic acid groups (broad SMARTS) is 1. The summed E-state index contributed by atoms with van der Waals surface area (Å²) in [5.74, 6) is -1.33. The molecule has 1 aliphatic carbocycles. The van der Waals surface area contributed by atoms with Crippen molar-refractivity contribution in [3.8, 4) is 0 Å². The van der Waals surface area contributed by atoms with Crippen molar-refractivity contribution in [2.45, 2.75) is 56.1 Å². The lowest BCUT2D eigenvalue weighted by molar-refractivity contribution is -0.156. The van der Waals surface area contributed by atoms with Gasteiger partial charge in [0, 0.05) is 38.1 Å². The highest BCUT2D eigenvalue weighted by Gasteiger charge is 2.48. The SMILES string of the molecule is CN1CCN(C(=O)C2(O)CCCC2)CC12CCC(=O)N(CC(=O)O)CC2. The van der Waals surface area contributed by atoms with Crippen LogP contribution in [0.4, 0.5) is 0 Å². The van der Waals surface area contributed by atoms with Gasteiger partial charge in [0.2, 0.25) is 5.91 Å². The number of hydrogen-bond donors (Lipinski definition) is 2. The number of aliphatic carboxylic acids is 1. The molecule has 2 heterocycles. The summed E-state index contributed by atoms with van der Waals surface area (Å²) < 4.78 is 0. The van der Waals surface area contributed by atoms with E-state index in [9.17, 15) is 19.5 Å². The van der Waals surface area contributed by atoms with Crippen LogP contribution in [0.5, 0.6) is 0 Å². The van der Waals surface area contributed by atoms with Crippen LogP contribution >= 0.6 is 0 Å². The monoisotopic (exact) mass is 367 g/mol. The summed E-state index contributed by atoms with van der Waals surface area (Å²) in [5.41, 5.74) is -1.57. The number of piperazine rings is 1. The van der Waals surface area contributed by atoms with E-state index in [-0.39, 0.29) is 30.3 Å². The third-order valence-electron chi connectivity index (χ3n) is 6.45. The second kappa shape index (κ2) is 7.15. The number of carbonyl (C=O) groups is 3. The molecule has 1 spiro atoms. The van der Waals surface area contributed by atoms with E-state index in [4.69, 9.17) is 5.11 Å². The number of hydrogen-bond acceptors (Lipinski definition) is 5. The smallest absolute Gasteiger partial charge is 0.323 e. The summed E-state index contributed by atoms with van der Waals surface area (Å²) in [6, 6.07) is 0. The quantitative estimate of drug-likeness (QED) is 0.722. The Balaban J connectivity index is 1.74. The van der Waals surface area contributed by atoms with Gasteiger partial charge in [-0.15, -0.1) is 0 Å². The number of likely N-dealkylation sites (tertiary alicyclic amines) is 1. The molecule has 0 aromatic carbocycles. The fourth-order valence-electron chi connectivity index (χ4n) is 4.67. The van der Waals surface area contributed by atoms with E-state index in [1.54, 1.807) is 4.90 Å². The number of amides is 2. The van der Waals surface area contributed by atoms with Crippen molar-refractivity contribution in [2.75, 3.05) is 39.8 Å². The first kappa shape index (κ1) is 19.1. The Morgan fingerprint density at radius 3 is 2.42 bits per heavy atom. The first-order valence-electron chi connectivity index (χ1n) is 9.48. The fraction of sp³-hybridized carbons (Fsp3) is 0.833. The van der Waals surface area contributed by atoms with Gasteiger partial charge in [0.25, 0.3) is 5.91 Å². The van der Waals surface area contributed by atoms with E-state index in [1.807, 2.05) is 7.05 Å². The molecule has 2 N–H and O–H groups in total. The van der Waals surface area contributed by atoms with E-state index < -0.39 is 11.6 Å². The topological polar surface area (TPSA) is 101 Å². The summed E-state index contributed by atoms with van der Waals surface area (Å²) >= 11 is 0. The van der Waals surface area contributed by atoms with Gasteiger partial charge < -0.3 is 20.0 Å². The van der Waals surface area contributed by atoms with Gasteiger partial charge in [0.1, 0.15) is 12.1 Å². The average molecular weight is 367 g/mol. The Hall–Kier alpha value is -1.67. The molecule has 146 valence electrons. The van der Waals surface area contributed by atoms with E-state index in [2.05, 4.69) is 4.90 Å². The van der Waals surface area contributed by atoms with Crippen LogP contribution in [0.2, 0.25) is 0 Å². The molecule has 0 radical (unpaired) electrons. The predicted molar refractivity (Wildman–Crippen MR) is 93.4 cm³/mol. The average Bonchev–Trinajstić information content (AvgIpc) is 2.99. The minimum atomic E-state index is -1.23. The van der Waals surface area contributed by atoms with Crippen molar-refractivity contribution >= 4 is 17.8 Å². The lowest BCUT2D eigenvalue weighted by Gasteiger charge is -2.50. The molecule has 3 aliphatic rings. The standard InChI is InChI=1S/C18H29N3O5/c1-19-10-11-21(16(25)18(26)5-2-3-6-18)13-17(19)7-4-14(22)20(9-8-17)12-15(23)24/h26H,2-13H2,1H3,(H,23,24). The zero-order valence-corrected chi connectivity index (χ0v) is 15.4. The van der Waals surface area contributed by atoms with Crippen LogP contribution in [0.25, 0.3) is 0 Å². The lowest BCUT2D eigenvalue weighted by atomic mass is 9.85. The first-order chi connectivity index (χ1) is 12.3. The molecular weight excluding hydrogens is 338 g/mol. The molecule has 1 unspecified atom stereocenters. The number of carboxylic acids is 1. The maximum Gasteiger partial charge on any atom is 0.323 e. The summed E-state index contributed by atoms with van der Waals surface area (Å²) in [6.07, 6.45) is 4.31. The van der Waals surface area contributed by atoms with Crippen LogP contribution in [0, 0.1) is 0 Å². The minimum Gasteiger partial charge on any atom is -0.480 e. The third-order valence-corrected chi connectivity index (χ3v) is 6.45. The van der Waals surface area contributed by atoms with Gasteiger partial charge in [-0.05, 0) is 45.6 Å². The second-order valence-electron chi connectivity index (χ2n) is 8.07. The summed E-state index contributed by atoms with van der Waals surface area (Å²) in [4.78, 5) is 41.6. The molecule has 8 heteroatoms. The van der Waals surface area contributed by atoms with Crippen molar-refractivity contribution < 1.29 is 24.6 Å². The van der Waals surface area contributed by atoms with Crippen molar-refractivity contribution in [3.05, 3.63) is 0 Å². The van der Waals surface area contributed by atoms with E-state index >= 15 is 0 Å². The molecule has 2 saturated heterocycles. The molecule has 0 aromatic rings. The van der Waals surface area contributed by atoms with Crippen molar-refractivity contribution in [3.63, 3.8) is 0 Å². The Morgan fingerprint density at radius 2 is 1.77 bits per heavy atom. The minimum absolute atomic E-state index is 0.143. The Morgan fingerprint density at radius 1 is 1.08 bits per heavy atom. The van der Waals surface area contributed by atoms with Gasteiger partial charge >= 0.3 is 5.97 Å². The van der Waals surface area contributed by atoms with Gasteiger partial charge in [-0.25, -0.2) is 0 Å². The number of likely N-dealkylation sites (N-methyl/N-ethyl adjacent to an activating group) is 1. The maximum atomic E-state index is 12.9.